The predicted octanol–water partition coefficient (Wildman–Crippen LogP) is 3.94. The first kappa shape index (κ1) is 19.1. The van der Waals surface area contributed by atoms with Gasteiger partial charge in [0.1, 0.15) is 5.82 Å². The number of unbranched alkanes of at least 4 members (excludes halogenated alkanes) is 6. The van der Waals surface area contributed by atoms with E-state index in [1.54, 1.807) is 13.0 Å². The van der Waals surface area contributed by atoms with Gasteiger partial charge < -0.3 is 10.6 Å². The Morgan fingerprint density at radius 2 is 1.65 bits per heavy atom. The largest absolute Gasteiger partial charge is 0.348 e. The van der Waals surface area contributed by atoms with Gasteiger partial charge in [-0.05, 0) is 31.0 Å². The Balaban J connectivity index is 2.22. The number of halogens is 1. The van der Waals surface area contributed by atoms with E-state index < -0.39 is 17.6 Å². The molecule has 0 radical (unpaired) electrons. The summed E-state index contributed by atoms with van der Waals surface area (Å²) in [7, 11) is 0. The summed E-state index contributed by atoms with van der Waals surface area (Å²) in [5.74, 6) is -1.89. The van der Waals surface area contributed by atoms with Crippen molar-refractivity contribution in [1.82, 2.24) is 5.32 Å². The summed E-state index contributed by atoms with van der Waals surface area (Å²) in [6, 6.07) is 4.07. The van der Waals surface area contributed by atoms with Crippen LogP contribution in [0.1, 0.15) is 57.4 Å². The quantitative estimate of drug-likeness (QED) is 0.534. The predicted molar refractivity (Wildman–Crippen MR) is 90.8 cm³/mol. The number of aryl methyl sites for hydroxylation is 1. The van der Waals surface area contributed by atoms with Crippen LogP contribution >= 0.6 is 0 Å². The number of carbonyl (C=O) groups is 2. The topological polar surface area (TPSA) is 58.2 Å². The fourth-order valence-electron chi connectivity index (χ4n) is 2.27. The van der Waals surface area contributed by atoms with E-state index in [9.17, 15) is 14.0 Å². The molecule has 0 aliphatic heterocycles. The standard InChI is InChI=1S/C18H27FN2O2/c1-3-4-5-6-7-8-9-12-20-17(22)18(23)21-16-13-15(19)11-10-14(16)2/h10-11,13H,3-9,12H2,1-2H3,(H,20,22)(H,21,23). The van der Waals surface area contributed by atoms with E-state index in [0.717, 1.165) is 19.3 Å². The van der Waals surface area contributed by atoms with Crippen LogP contribution in [0.25, 0.3) is 0 Å². The molecule has 4 nitrogen and oxygen atoms in total. The first-order valence-corrected chi connectivity index (χ1v) is 8.40. The third kappa shape index (κ3) is 7.77. The van der Waals surface area contributed by atoms with Gasteiger partial charge >= 0.3 is 11.8 Å². The summed E-state index contributed by atoms with van der Waals surface area (Å²) in [5.41, 5.74) is 1.03. The zero-order chi connectivity index (χ0) is 17.1. The van der Waals surface area contributed by atoms with Crippen LogP contribution in [0.15, 0.2) is 18.2 Å². The van der Waals surface area contributed by atoms with E-state index >= 15 is 0 Å². The molecule has 0 spiro atoms. The number of rotatable bonds is 9. The molecular weight excluding hydrogens is 295 g/mol. The Morgan fingerprint density at radius 1 is 1.00 bits per heavy atom. The van der Waals surface area contributed by atoms with Crippen LogP contribution in [-0.2, 0) is 9.59 Å². The van der Waals surface area contributed by atoms with Crippen LogP contribution in [0.5, 0.6) is 0 Å². The molecule has 0 fully saturated rings. The van der Waals surface area contributed by atoms with Gasteiger partial charge in [-0.3, -0.25) is 9.59 Å². The lowest BCUT2D eigenvalue weighted by Gasteiger charge is -2.09. The summed E-state index contributed by atoms with van der Waals surface area (Å²) in [6.45, 7) is 4.42. The lowest BCUT2D eigenvalue weighted by atomic mass is 10.1. The normalized spacial score (nSPS) is 10.4. The average Bonchev–Trinajstić information content (AvgIpc) is 2.53. The number of hydrogen-bond acceptors (Lipinski definition) is 2. The van der Waals surface area contributed by atoms with Crippen LogP contribution < -0.4 is 10.6 Å². The number of hydrogen-bond donors (Lipinski definition) is 2. The first-order chi connectivity index (χ1) is 11.0. The van der Waals surface area contributed by atoms with E-state index in [1.807, 2.05) is 0 Å². The van der Waals surface area contributed by atoms with Crippen LogP contribution in [0, 0.1) is 12.7 Å². The van der Waals surface area contributed by atoms with Crippen molar-refractivity contribution in [1.29, 1.82) is 0 Å². The highest BCUT2D eigenvalue weighted by Gasteiger charge is 2.14. The molecule has 0 atom stereocenters. The lowest BCUT2D eigenvalue weighted by Crippen LogP contribution is -2.36. The number of carbonyl (C=O) groups excluding carboxylic acids is 2. The summed E-state index contributed by atoms with van der Waals surface area (Å²) >= 11 is 0. The molecule has 0 saturated heterocycles. The van der Waals surface area contributed by atoms with E-state index in [-0.39, 0.29) is 0 Å². The maximum absolute atomic E-state index is 13.1. The maximum Gasteiger partial charge on any atom is 0.313 e. The highest BCUT2D eigenvalue weighted by Crippen LogP contribution is 2.15. The minimum absolute atomic E-state index is 0.320. The van der Waals surface area contributed by atoms with Gasteiger partial charge in [-0.25, -0.2) is 4.39 Å². The summed E-state index contributed by atoms with van der Waals surface area (Å²) in [4.78, 5) is 23.5. The van der Waals surface area contributed by atoms with Crippen molar-refractivity contribution in [3.8, 4) is 0 Å². The minimum Gasteiger partial charge on any atom is -0.348 e. The van der Waals surface area contributed by atoms with Crippen molar-refractivity contribution in [3.63, 3.8) is 0 Å². The monoisotopic (exact) mass is 322 g/mol. The zero-order valence-electron chi connectivity index (χ0n) is 14.1. The highest BCUT2D eigenvalue weighted by atomic mass is 19.1. The molecule has 128 valence electrons. The number of amides is 2. The second-order valence-electron chi connectivity index (χ2n) is 5.79. The Labute approximate surface area is 137 Å². The van der Waals surface area contributed by atoms with Crippen LogP contribution in [0.2, 0.25) is 0 Å². The van der Waals surface area contributed by atoms with Crippen molar-refractivity contribution in [2.24, 2.45) is 0 Å². The van der Waals surface area contributed by atoms with Gasteiger partial charge in [0.2, 0.25) is 0 Å². The van der Waals surface area contributed by atoms with Crippen molar-refractivity contribution >= 4 is 17.5 Å². The molecule has 0 saturated carbocycles. The second-order valence-corrected chi connectivity index (χ2v) is 5.79. The van der Waals surface area contributed by atoms with Gasteiger partial charge in [-0.1, -0.05) is 51.5 Å². The van der Waals surface area contributed by atoms with E-state index in [1.165, 1.54) is 37.8 Å². The van der Waals surface area contributed by atoms with E-state index in [0.29, 0.717) is 17.8 Å². The molecule has 0 aliphatic rings. The van der Waals surface area contributed by atoms with Crippen LogP contribution in [0.3, 0.4) is 0 Å². The Kier molecular flexibility index (Phi) is 8.95. The van der Waals surface area contributed by atoms with E-state index in [4.69, 9.17) is 0 Å². The molecule has 1 aromatic rings. The smallest absolute Gasteiger partial charge is 0.313 e. The molecule has 5 heteroatoms. The molecule has 2 N–H and O–H groups in total. The summed E-state index contributed by atoms with van der Waals surface area (Å²) in [6.07, 6.45) is 8.06. The Bertz CT molecular complexity index is 518. The molecule has 1 rings (SSSR count). The highest BCUT2D eigenvalue weighted by molar-refractivity contribution is 6.39. The number of anilines is 1. The zero-order valence-corrected chi connectivity index (χ0v) is 14.1. The van der Waals surface area contributed by atoms with Gasteiger partial charge in [0, 0.05) is 12.2 Å². The lowest BCUT2D eigenvalue weighted by molar-refractivity contribution is -0.136. The van der Waals surface area contributed by atoms with Crippen LogP contribution in [-0.4, -0.2) is 18.4 Å². The number of benzene rings is 1. The third-order valence-corrected chi connectivity index (χ3v) is 3.72. The van der Waals surface area contributed by atoms with Crippen molar-refractivity contribution < 1.29 is 14.0 Å². The average molecular weight is 322 g/mol. The minimum atomic E-state index is -0.762. The summed E-state index contributed by atoms with van der Waals surface area (Å²) < 4.78 is 13.1. The third-order valence-electron chi connectivity index (χ3n) is 3.72. The van der Waals surface area contributed by atoms with Gasteiger partial charge in [0.15, 0.2) is 0 Å². The molecule has 0 heterocycles. The first-order valence-electron chi connectivity index (χ1n) is 8.40. The second kappa shape index (κ2) is 10.8. The van der Waals surface area contributed by atoms with Gasteiger partial charge in [-0.15, -0.1) is 0 Å². The summed E-state index contributed by atoms with van der Waals surface area (Å²) in [5, 5.41) is 5.03. The van der Waals surface area contributed by atoms with Crippen molar-refractivity contribution in [3.05, 3.63) is 29.6 Å². The molecule has 1 aromatic carbocycles. The Hall–Kier alpha value is -1.91. The molecule has 2 amide bonds. The maximum atomic E-state index is 13.1. The molecular formula is C18H27FN2O2. The van der Waals surface area contributed by atoms with E-state index in [2.05, 4.69) is 17.6 Å². The molecule has 0 aliphatic carbocycles. The fourth-order valence-corrected chi connectivity index (χ4v) is 2.27. The molecule has 0 unspecified atom stereocenters. The molecule has 23 heavy (non-hydrogen) atoms. The van der Waals surface area contributed by atoms with Gasteiger partial charge in [0.05, 0.1) is 0 Å². The molecule has 0 aromatic heterocycles. The SMILES string of the molecule is CCCCCCCCCNC(=O)C(=O)Nc1cc(F)ccc1C. The fraction of sp³-hybridized carbons (Fsp3) is 0.556. The van der Waals surface area contributed by atoms with Gasteiger partial charge in [-0.2, -0.15) is 0 Å². The number of nitrogens with one attached hydrogen (secondary N) is 2. The van der Waals surface area contributed by atoms with Gasteiger partial charge in [0.25, 0.3) is 0 Å². The van der Waals surface area contributed by atoms with Crippen molar-refractivity contribution in [2.45, 2.75) is 58.8 Å². The molecule has 0 bridgehead atoms. The van der Waals surface area contributed by atoms with Crippen molar-refractivity contribution in [2.75, 3.05) is 11.9 Å². The Morgan fingerprint density at radius 3 is 2.35 bits per heavy atom. The van der Waals surface area contributed by atoms with Crippen LogP contribution in [0.4, 0.5) is 10.1 Å².